The SMILES string of the molecule is CC(C)(CC(N)Cc1ccc(OCc2ccccc2)c([N+](=O)[O-])c1)C(=O)O. The number of hydrogen-bond donors (Lipinski definition) is 2. The minimum atomic E-state index is -0.954. The Bertz CT molecular complexity index is 805. The van der Waals surface area contributed by atoms with Crippen LogP contribution < -0.4 is 10.5 Å². The fourth-order valence-corrected chi connectivity index (χ4v) is 2.81. The van der Waals surface area contributed by atoms with Crippen molar-refractivity contribution in [3.05, 3.63) is 69.8 Å². The van der Waals surface area contributed by atoms with Gasteiger partial charge >= 0.3 is 11.7 Å². The van der Waals surface area contributed by atoms with E-state index in [9.17, 15) is 20.0 Å². The van der Waals surface area contributed by atoms with E-state index in [2.05, 4.69) is 0 Å². The zero-order valence-corrected chi connectivity index (χ0v) is 15.4. The van der Waals surface area contributed by atoms with Crippen LogP contribution in [0.5, 0.6) is 5.75 Å². The van der Waals surface area contributed by atoms with Gasteiger partial charge in [0, 0.05) is 12.1 Å². The molecule has 0 saturated heterocycles. The van der Waals surface area contributed by atoms with Gasteiger partial charge in [0.1, 0.15) is 6.61 Å². The molecule has 0 aliphatic heterocycles. The van der Waals surface area contributed by atoms with Crippen molar-refractivity contribution in [3.8, 4) is 5.75 Å². The van der Waals surface area contributed by atoms with Crippen molar-refractivity contribution < 1.29 is 19.6 Å². The average Bonchev–Trinajstić information content (AvgIpc) is 2.60. The molecule has 0 aliphatic carbocycles. The zero-order chi connectivity index (χ0) is 20.0. The van der Waals surface area contributed by atoms with Crippen LogP contribution in [0.3, 0.4) is 0 Å². The van der Waals surface area contributed by atoms with Crippen molar-refractivity contribution in [2.45, 2.75) is 39.3 Å². The van der Waals surface area contributed by atoms with Gasteiger partial charge in [0.05, 0.1) is 10.3 Å². The summed E-state index contributed by atoms with van der Waals surface area (Å²) >= 11 is 0. The molecular formula is C20H24N2O5. The van der Waals surface area contributed by atoms with Crippen LogP contribution in [0.15, 0.2) is 48.5 Å². The van der Waals surface area contributed by atoms with E-state index in [1.807, 2.05) is 30.3 Å². The summed E-state index contributed by atoms with van der Waals surface area (Å²) in [5.41, 5.74) is 6.56. The third-order valence-electron chi connectivity index (χ3n) is 4.31. The molecule has 2 aromatic carbocycles. The van der Waals surface area contributed by atoms with Crippen LogP contribution in [-0.4, -0.2) is 22.0 Å². The predicted molar refractivity (Wildman–Crippen MR) is 102 cm³/mol. The van der Waals surface area contributed by atoms with Gasteiger partial charge < -0.3 is 15.6 Å². The molecule has 0 bridgehead atoms. The minimum absolute atomic E-state index is 0.131. The highest BCUT2D eigenvalue weighted by molar-refractivity contribution is 5.73. The van der Waals surface area contributed by atoms with Crippen LogP contribution in [0.4, 0.5) is 5.69 Å². The monoisotopic (exact) mass is 372 g/mol. The Kier molecular flexibility index (Phi) is 6.52. The maximum atomic E-state index is 11.4. The second kappa shape index (κ2) is 8.64. The molecule has 7 heteroatoms. The Morgan fingerprint density at radius 1 is 1.22 bits per heavy atom. The molecule has 1 unspecified atom stereocenters. The quantitative estimate of drug-likeness (QED) is 0.514. The van der Waals surface area contributed by atoms with Gasteiger partial charge in [-0.1, -0.05) is 36.4 Å². The summed E-state index contributed by atoms with van der Waals surface area (Å²) in [6.45, 7) is 3.45. The summed E-state index contributed by atoms with van der Waals surface area (Å²) < 4.78 is 5.61. The maximum absolute atomic E-state index is 11.4. The van der Waals surface area contributed by atoms with Gasteiger partial charge in [-0.3, -0.25) is 14.9 Å². The highest BCUT2D eigenvalue weighted by Gasteiger charge is 2.29. The number of hydrogen-bond acceptors (Lipinski definition) is 5. The van der Waals surface area contributed by atoms with E-state index in [0.717, 1.165) is 5.56 Å². The fourth-order valence-electron chi connectivity index (χ4n) is 2.81. The Hall–Kier alpha value is -2.93. The van der Waals surface area contributed by atoms with E-state index in [-0.39, 0.29) is 24.5 Å². The van der Waals surface area contributed by atoms with Crippen molar-refractivity contribution >= 4 is 11.7 Å². The molecule has 3 N–H and O–H groups in total. The molecule has 0 heterocycles. The molecule has 0 aromatic heterocycles. The Morgan fingerprint density at radius 3 is 2.48 bits per heavy atom. The van der Waals surface area contributed by atoms with Crippen molar-refractivity contribution in [1.29, 1.82) is 0 Å². The molecule has 0 amide bonds. The summed E-state index contributed by atoms with van der Waals surface area (Å²) in [5, 5.41) is 20.6. The molecule has 0 spiro atoms. The van der Waals surface area contributed by atoms with Crippen molar-refractivity contribution in [1.82, 2.24) is 0 Å². The smallest absolute Gasteiger partial charge is 0.311 e. The lowest BCUT2D eigenvalue weighted by Gasteiger charge is -2.23. The lowest BCUT2D eigenvalue weighted by molar-refractivity contribution is -0.386. The maximum Gasteiger partial charge on any atom is 0.311 e. The molecule has 0 fully saturated rings. The number of nitrogens with zero attached hydrogens (tertiary/aromatic N) is 1. The molecule has 144 valence electrons. The lowest BCUT2D eigenvalue weighted by atomic mass is 9.84. The van der Waals surface area contributed by atoms with Gasteiger partial charge in [-0.05, 0) is 43.9 Å². The standard InChI is InChI=1S/C20H24N2O5/c1-20(2,19(23)24)12-16(21)10-15-8-9-18(17(11-15)22(25)26)27-13-14-6-4-3-5-7-14/h3-9,11,16H,10,12-13,21H2,1-2H3,(H,23,24). The van der Waals surface area contributed by atoms with Crippen molar-refractivity contribution in [3.63, 3.8) is 0 Å². The lowest BCUT2D eigenvalue weighted by Crippen LogP contribution is -2.34. The van der Waals surface area contributed by atoms with Gasteiger partial charge in [0.2, 0.25) is 0 Å². The molecule has 1 atom stereocenters. The number of carboxylic acid groups (broad SMARTS) is 1. The average molecular weight is 372 g/mol. The van der Waals surface area contributed by atoms with E-state index in [0.29, 0.717) is 12.0 Å². The third kappa shape index (κ3) is 5.79. The van der Waals surface area contributed by atoms with Crippen LogP contribution >= 0.6 is 0 Å². The molecule has 0 radical (unpaired) electrons. The van der Waals surface area contributed by atoms with E-state index in [1.165, 1.54) is 6.07 Å². The third-order valence-corrected chi connectivity index (χ3v) is 4.31. The summed E-state index contributed by atoms with van der Waals surface area (Å²) in [7, 11) is 0. The fraction of sp³-hybridized carbons (Fsp3) is 0.350. The number of nitro groups is 1. The van der Waals surface area contributed by atoms with E-state index in [1.54, 1.807) is 26.0 Å². The van der Waals surface area contributed by atoms with Gasteiger partial charge in [-0.15, -0.1) is 0 Å². The predicted octanol–water partition coefficient (Wildman–Crippen LogP) is 3.54. The molecule has 0 aliphatic rings. The van der Waals surface area contributed by atoms with E-state index in [4.69, 9.17) is 10.5 Å². The van der Waals surface area contributed by atoms with Crippen LogP contribution in [-0.2, 0) is 17.8 Å². The number of rotatable bonds is 9. The van der Waals surface area contributed by atoms with Gasteiger partial charge in [-0.2, -0.15) is 0 Å². The summed E-state index contributed by atoms with van der Waals surface area (Å²) in [6, 6.07) is 13.7. The Balaban J connectivity index is 2.10. The largest absolute Gasteiger partial charge is 0.482 e. The molecule has 7 nitrogen and oxygen atoms in total. The summed E-state index contributed by atoms with van der Waals surface area (Å²) in [5.74, 6) is -0.736. The summed E-state index contributed by atoms with van der Waals surface area (Å²) in [6.07, 6.45) is 0.610. The van der Waals surface area contributed by atoms with Crippen molar-refractivity contribution in [2.75, 3.05) is 0 Å². The topological polar surface area (TPSA) is 116 Å². The number of benzene rings is 2. The van der Waals surface area contributed by atoms with Crippen LogP contribution in [0.2, 0.25) is 0 Å². The zero-order valence-electron chi connectivity index (χ0n) is 15.4. The molecule has 2 aromatic rings. The van der Waals surface area contributed by atoms with Crippen LogP contribution in [0, 0.1) is 15.5 Å². The molecule has 27 heavy (non-hydrogen) atoms. The molecule has 0 saturated carbocycles. The molecule has 2 rings (SSSR count). The normalized spacial score (nSPS) is 12.4. The number of carboxylic acids is 1. The molecular weight excluding hydrogens is 348 g/mol. The Labute approximate surface area is 157 Å². The first-order valence-corrected chi connectivity index (χ1v) is 8.62. The van der Waals surface area contributed by atoms with Crippen LogP contribution in [0.1, 0.15) is 31.4 Å². The minimum Gasteiger partial charge on any atom is -0.482 e. The number of nitro benzene ring substituents is 1. The number of carbonyl (C=O) groups is 1. The van der Waals surface area contributed by atoms with Gasteiger partial charge in [0.15, 0.2) is 5.75 Å². The first-order chi connectivity index (χ1) is 12.7. The summed E-state index contributed by atoms with van der Waals surface area (Å²) in [4.78, 5) is 22.1. The first-order valence-electron chi connectivity index (χ1n) is 8.62. The van der Waals surface area contributed by atoms with E-state index >= 15 is 0 Å². The first kappa shape index (κ1) is 20.4. The van der Waals surface area contributed by atoms with E-state index < -0.39 is 22.3 Å². The second-order valence-corrected chi connectivity index (χ2v) is 7.19. The number of ether oxygens (including phenoxy) is 1. The number of aliphatic carboxylic acids is 1. The number of nitrogens with two attached hydrogens (primary N) is 1. The van der Waals surface area contributed by atoms with Gasteiger partial charge in [0.25, 0.3) is 0 Å². The van der Waals surface area contributed by atoms with Crippen LogP contribution in [0.25, 0.3) is 0 Å². The van der Waals surface area contributed by atoms with Gasteiger partial charge in [-0.25, -0.2) is 0 Å². The highest BCUT2D eigenvalue weighted by Crippen LogP contribution is 2.30. The Morgan fingerprint density at radius 2 is 1.89 bits per heavy atom. The highest BCUT2D eigenvalue weighted by atomic mass is 16.6. The second-order valence-electron chi connectivity index (χ2n) is 7.19. The van der Waals surface area contributed by atoms with Crippen molar-refractivity contribution in [2.24, 2.45) is 11.1 Å².